The van der Waals surface area contributed by atoms with Crippen molar-refractivity contribution < 1.29 is 13.9 Å². The lowest BCUT2D eigenvalue weighted by Gasteiger charge is -2.31. The van der Waals surface area contributed by atoms with Gasteiger partial charge in [-0.15, -0.1) is 0 Å². The number of fused-ring (bicyclic) bond motifs is 2. The summed E-state index contributed by atoms with van der Waals surface area (Å²) in [5, 5.41) is 2.85. The van der Waals surface area contributed by atoms with Gasteiger partial charge < -0.3 is 15.0 Å². The zero-order valence-electron chi connectivity index (χ0n) is 15.5. The molecule has 1 N–H and O–H groups in total. The zero-order valence-corrected chi connectivity index (χ0v) is 15.5. The van der Waals surface area contributed by atoms with Crippen molar-refractivity contribution in [2.75, 3.05) is 37.7 Å². The summed E-state index contributed by atoms with van der Waals surface area (Å²) in [6, 6.07) is 0.314. The van der Waals surface area contributed by atoms with Crippen molar-refractivity contribution >= 4 is 11.7 Å². The van der Waals surface area contributed by atoms with Crippen LogP contribution in [-0.4, -0.2) is 65.3 Å². The average Bonchev–Trinajstić information content (AvgIpc) is 3.32. The van der Waals surface area contributed by atoms with Gasteiger partial charge in [-0.25, -0.2) is 4.39 Å². The Labute approximate surface area is 158 Å². The molecule has 1 amide bonds. The number of anilines is 1. The number of aromatic nitrogens is 2. The van der Waals surface area contributed by atoms with Crippen LogP contribution in [0.15, 0.2) is 0 Å². The SMILES string of the molecule is O=C1NCc2nc(OCC34CCCN3C[C@H](F)C4)nc(N3CCCCC3)c21. The van der Waals surface area contributed by atoms with E-state index in [1.54, 1.807) is 0 Å². The molecule has 0 spiro atoms. The third-order valence-electron chi connectivity index (χ3n) is 6.47. The van der Waals surface area contributed by atoms with E-state index in [2.05, 4.69) is 25.1 Å². The van der Waals surface area contributed by atoms with E-state index in [0.717, 1.165) is 45.3 Å². The molecule has 0 aromatic carbocycles. The second kappa shape index (κ2) is 6.58. The molecule has 4 aliphatic heterocycles. The third-order valence-corrected chi connectivity index (χ3v) is 6.47. The topological polar surface area (TPSA) is 70.6 Å². The molecule has 2 atom stereocenters. The number of amides is 1. The number of nitrogens with zero attached hydrogens (tertiary/aromatic N) is 4. The van der Waals surface area contributed by atoms with Crippen LogP contribution in [0.1, 0.15) is 54.6 Å². The van der Waals surface area contributed by atoms with Crippen LogP contribution in [0, 0.1) is 0 Å². The van der Waals surface area contributed by atoms with Crippen LogP contribution in [-0.2, 0) is 6.54 Å². The first-order valence-corrected chi connectivity index (χ1v) is 10.1. The van der Waals surface area contributed by atoms with Crippen molar-refractivity contribution in [3.63, 3.8) is 0 Å². The van der Waals surface area contributed by atoms with Crippen molar-refractivity contribution in [3.8, 4) is 6.01 Å². The molecule has 4 aliphatic rings. The van der Waals surface area contributed by atoms with E-state index in [-0.39, 0.29) is 11.4 Å². The van der Waals surface area contributed by atoms with Gasteiger partial charge in [-0.2, -0.15) is 9.97 Å². The highest BCUT2D eigenvalue weighted by atomic mass is 19.1. The summed E-state index contributed by atoms with van der Waals surface area (Å²) in [4.78, 5) is 25.8. The Morgan fingerprint density at radius 3 is 2.89 bits per heavy atom. The van der Waals surface area contributed by atoms with Crippen LogP contribution in [0.2, 0.25) is 0 Å². The lowest BCUT2D eigenvalue weighted by atomic mass is 9.95. The monoisotopic (exact) mass is 375 g/mol. The van der Waals surface area contributed by atoms with Gasteiger partial charge in [0.15, 0.2) is 0 Å². The van der Waals surface area contributed by atoms with Crippen LogP contribution in [0.25, 0.3) is 0 Å². The van der Waals surface area contributed by atoms with Crippen LogP contribution in [0.3, 0.4) is 0 Å². The molecular weight excluding hydrogens is 349 g/mol. The van der Waals surface area contributed by atoms with E-state index < -0.39 is 6.17 Å². The highest BCUT2D eigenvalue weighted by Crippen LogP contribution is 2.40. The van der Waals surface area contributed by atoms with E-state index in [0.29, 0.717) is 49.2 Å². The number of rotatable bonds is 4. The van der Waals surface area contributed by atoms with Crippen molar-refractivity contribution in [1.82, 2.24) is 20.2 Å². The minimum absolute atomic E-state index is 0.103. The number of hydrogen-bond donors (Lipinski definition) is 1. The van der Waals surface area contributed by atoms with Crippen LogP contribution >= 0.6 is 0 Å². The maximum Gasteiger partial charge on any atom is 0.318 e. The van der Waals surface area contributed by atoms with Crippen LogP contribution in [0.5, 0.6) is 6.01 Å². The molecule has 0 bridgehead atoms. The Bertz CT molecular complexity index is 754. The third kappa shape index (κ3) is 2.94. The van der Waals surface area contributed by atoms with Gasteiger partial charge in [0.1, 0.15) is 24.2 Å². The number of nitrogens with one attached hydrogen (secondary N) is 1. The highest BCUT2D eigenvalue weighted by molar-refractivity contribution is 6.02. The van der Waals surface area contributed by atoms with Gasteiger partial charge in [-0.3, -0.25) is 9.69 Å². The maximum atomic E-state index is 14.0. The Kier molecular flexibility index (Phi) is 4.18. The molecule has 5 rings (SSSR count). The number of carbonyl (C=O) groups is 1. The molecule has 3 fully saturated rings. The molecule has 7 nitrogen and oxygen atoms in total. The minimum Gasteiger partial charge on any atom is -0.461 e. The molecule has 0 radical (unpaired) electrons. The van der Waals surface area contributed by atoms with E-state index in [4.69, 9.17) is 4.74 Å². The van der Waals surface area contributed by atoms with E-state index in [1.165, 1.54) is 6.42 Å². The molecule has 5 heterocycles. The second-order valence-corrected chi connectivity index (χ2v) is 8.25. The summed E-state index contributed by atoms with van der Waals surface area (Å²) in [7, 11) is 0. The van der Waals surface area contributed by atoms with Crippen molar-refractivity contribution in [1.29, 1.82) is 0 Å². The number of piperidine rings is 1. The fourth-order valence-electron chi connectivity index (χ4n) is 5.13. The molecule has 3 saturated heterocycles. The predicted molar refractivity (Wildman–Crippen MR) is 97.8 cm³/mol. The van der Waals surface area contributed by atoms with Gasteiger partial charge in [0.05, 0.1) is 17.8 Å². The molecule has 0 saturated carbocycles. The number of halogens is 1. The summed E-state index contributed by atoms with van der Waals surface area (Å²) >= 11 is 0. The Balaban J connectivity index is 1.41. The lowest BCUT2D eigenvalue weighted by molar-refractivity contribution is 0.0965. The predicted octanol–water partition coefficient (Wildman–Crippen LogP) is 1.67. The molecule has 0 aliphatic carbocycles. The normalized spacial score (nSPS) is 30.3. The minimum atomic E-state index is -0.777. The summed E-state index contributed by atoms with van der Waals surface area (Å²) in [5.74, 6) is 0.592. The molecule has 8 heteroatoms. The molecular formula is C19H26FN5O2. The Hall–Kier alpha value is -1.96. The standard InChI is InChI=1S/C19H26FN5O2/c20-13-9-19(5-4-8-25(19)11-13)12-27-18-22-14-10-21-17(26)15(14)16(23-18)24-6-2-1-3-7-24/h13H,1-12H2,(H,21,26)/t13-,19?/m1/s1. The Morgan fingerprint density at radius 2 is 2.04 bits per heavy atom. The first kappa shape index (κ1) is 17.2. The smallest absolute Gasteiger partial charge is 0.318 e. The van der Waals surface area contributed by atoms with E-state index >= 15 is 0 Å². The number of ether oxygens (including phenoxy) is 1. The van der Waals surface area contributed by atoms with Crippen molar-refractivity contribution in [2.45, 2.75) is 56.8 Å². The average molecular weight is 375 g/mol. The summed E-state index contributed by atoms with van der Waals surface area (Å²) in [6.07, 6.45) is 5.20. The fraction of sp³-hybridized carbons (Fsp3) is 0.737. The first-order valence-electron chi connectivity index (χ1n) is 10.1. The molecule has 1 aromatic heterocycles. The Morgan fingerprint density at radius 1 is 1.19 bits per heavy atom. The fourth-order valence-corrected chi connectivity index (χ4v) is 5.13. The molecule has 1 unspecified atom stereocenters. The molecule has 146 valence electrons. The number of hydrogen-bond acceptors (Lipinski definition) is 6. The summed E-state index contributed by atoms with van der Waals surface area (Å²) < 4.78 is 20.0. The van der Waals surface area contributed by atoms with Gasteiger partial charge >= 0.3 is 6.01 Å². The van der Waals surface area contributed by atoms with Crippen molar-refractivity contribution in [3.05, 3.63) is 11.3 Å². The molecule has 1 aromatic rings. The zero-order chi connectivity index (χ0) is 18.4. The first-order chi connectivity index (χ1) is 13.1. The van der Waals surface area contributed by atoms with Gasteiger partial charge in [0, 0.05) is 26.1 Å². The van der Waals surface area contributed by atoms with Gasteiger partial charge in [-0.1, -0.05) is 0 Å². The molecule has 27 heavy (non-hydrogen) atoms. The number of carbonyl (C=O) groups excluding carboxylic acids is 1. The van der Waals surface area contributed by atoms with Gasteiger partial charge in [0.25, 0.3) is 5.91 Å². The lowest BCUT2D eigenvalue weighted by Crippen LogP contribution is -2.43. The van der Waals surface area contributed by atoms with Crippen LogP contribution < -0.4 is 15.0 Å². The van der Waals surface area contributed by atoms with E-state index in [9.17, 15) is 9.18 Å². The summed E-state index contributed by atoms with van der Waals surface area (Å²) in [6.45, 7) is 4.07. The second-order valence-electron chi connectivity index (χ2n) is 8.25. The largest absolute Gasteiger partial charge is 0.461 e. The quantitative estimate of drug-likeness (QED) is 0.863. The maximum absolute atomic E-state index is 14.0. The number of alkyl halides is 1. The van der Waals surface area contributed by atoms with E-state index in [1.807, 2.05) is 0 Å². The van der Waals surface area contributed by atoms with Gasteiger partial charge in [-0.05, 0) is 38.6 Å². The highest BCUT2D eigenvalue weighted by Gasteiger charge is 2.49. The van der Waals surface area contributed by atoms with Crippen molar-refractivity contribution in [2.24, 2.45) is 0 Å². The summed E-state index contributed by atoms with van der Waals surface area (Å²) in [5.41, 5.74) is 1.08. The van der Waals surface area contributed by atoms with Crippen LogP contribution in [0.4, 0.5) is 10.2 Å². The van der Waals surface area contributed by atoms with Gasteiger partial charge in [0.2, 0.25) is 0 Å².